The van der Waals surface area contributed by atoms with Crippen molar-refractivity contribution in [1.82, 2.24) is 0 Å². The van der Waals surface area contributed by atoms with Gasteiger partial charge in [0, 0.05) is 0 Å². The summed E-state index contributed by atoms with van der Waals surface area (Å²) >= 11 is 0. The van der Waals surface area contributed by atoms with Gasteiger partial charge in [0.2, 0.25) is 0 Å². The molecule has 0 fully saturated rings. The third-order valence-corrected chi connectivity index (χ3v) is 3.96. The van der Waals surface area contributed by atoms with Crippen LogP contribution >= 0.6 is 0 Å². The van der Waals surface area contributed by atoms with Crippen LogP contribution in [0.15, 0.2) is 42.5 Å². The number of rotatable bonds is 3. The van der Waals surface area contributed by atoms with E-state index in [4.69, 9.17) is 0 Å². The number of aryl methyl sites for hydroxylation is 2. The van der Waals surface area contributed by atoms with E-state index in [-0.39, 0.29) is 51.0 Å². The SMILES string of the molecule is CCc1cccc2[cH-]c(C3=CC=CC3)c(CC)c12.[Cl-].[Cl-].[Zr+3]. The maximum Gasteiger partial charge on any atom is 3.00 e. The molecule has 0 heterocycles. The number of hydrogen-bond acceptors (Lipinski definition) is 0. The minimum atomic E-state index is 0. The third kappa shape index (κ3) is 3.76. The normalized spacial score (nSPS) is 12.4. The molecule has 0 amide bonds. The third-order valence-electron chi connectivity index (χ3n) is 3.96. The molecule has 2 aromatic carbocycles. The molecule has 109 valence electrons. The van der Waals surface area contributed by atoms with E-state index in [1.54, 1.807) is 0 Å². The van der Waals surface area contributed by atoms with Gasteiger partial charge >= 0.3 is 26.2 Å². The zero-order valence-electron chi connectivity index (χ0n) is 12.4. The second kappa shape index (κ2) is 9.03. The van der Waals surface area contributed by atoms with Crippen molar-refractivity contribution in [3.63, 3.8) is 0 Å². The summed E-state index contributed by atoms with van der Waals surface area (Å²) in [6.45, 7) is 4.52. The molecule has 0 bridgehead atoms. The summed E-state index contributed by atoms with van der Waals surface area (Å²) in [4.78, 5) is 0. The van der Waals surface area contributed by atoms with Gasteiger partial charge in [-0.15, -0.1) is 39.6 Å². The molecule has 1 aliphatic rings. The van der Waals surface area contributed by atoms with Crippen molar-refractivity contribution in [3.05, 3.63) is 59.2 Å². The molecular weight excluding hydrogens is 378 g/mol. The van der Waals surface area contributed by atoms with Gasteiger partial charge in [-0.2, -0.15) is 0 Å². The first-order valence-electron chi connectivity index (χ1n) is 6.91. The smallest absolute Gasteiger partial charge is 1.00 e. The topological polar surface area (TPSA) is 0 Å². The van der Waals surface area contributed by atoms with Crippen molar-refractivity contribution < 1.29 is 51.0 Å². The van der Waals surface area contributed by atoms with Crippen molar-refractivity contribution in [3.8, 4) is 0 Å². The van der Waals surface area contributed by atoms with E-state index in [2.05, 4.69) is 56.3 Å². The summed E-state index contributed by atoms with van der Waals surface area (Å²) in [6, 6.07) is 9.09. The van der Waals surface area contributed by atoms with E-state index in [1.165, 1.54) is 33.0 Å². The molecule has 2 aromatic rings. The molecule has 0 aliphatic heterocycles. The maximum atomic E-state index is 2.38. The molecule has 1 radical (unpaired) electrons. The molecule has 1 aliphatic carbocycles. The molecule has 0 saturated carbocycles. The summed E-state index contributed by atoms with van der Waals surface area (Å²) in [5.41, 5.74) is 5.98. The van der Waals surface area contributed by atoms with Crippen molar-refractivity contribution in [1.29, 1.82) is 0 Å². The van der Waals surface area contributed by atoms with Crippen LogP contribution in [0.1, 0.15) is 37.0 Å². The Hall–Kier alpha value is -0.227. The quantitative estimate of drug-likeness (QED) is 0.585. The average molecular weight is 397 g/mol. The standard InChI is InChI=1S/C18H19.2ClH.Zr/c1-3-13-10-7-11-15-12-17(14-8-5-6-9-14)16(4-2)18(13)15;;;/h5-8,10-12H,3-4,9H2,1-2H3;2*1H;/q-1;;;+3/p-2. The van der Waals surface area contributed by atoms with Crippen LogP contribution in [0.3, 0.4) is 0 Å². The molecule has 0 aromatic heterocycles. The Bertz CT molecular complexity index is 651. The number of benzene rings is 1. The predicted octanol–water partition coefficient (Wildman–Crippen LogP) is -0.968. The summed E-state index contributed by atoms with van der Waals surface area (Å²) in [7, 11) is 0. The van der Waals surface area contributed by atoms with Crippen LogP contribution in [0, 0.1) is 0 Å². The second-order valence-corrected chi connectivity index (χ2v) is 4.95. The van der Waals surface area contributed by atoms with Crippen LogP contribution in [0.5, 0.6) is 0 Å². The molecule has 0 spiro atoms. The Morgan fingerprint density at radius 3 is 2.43 bits per heavy atom. The first kappa shape index (κ1) is 20.8. The van der Waals surface area contributed by atoms with Gasteiger partial charge in [-0.25, -0.2) is 0 Å². The zero-order chi connectivity index (χ0) is 12.5. The van der Waals surface area contributed by atoms with Gasteiger partial charge in [-0.1, -0.05) is 56.2 Å². The van der Waals surface area contributed by atoms with E-state index in [0.29, 0.717) is 0 Å². The van der Waals surface area contributed by atoms with Gasteiger partial charge < -0.3 is 24.8 Å². The molecule has 21 heavy (non-hydrogen) atoms. The second-order valence-electron chi connectivity index (χ2n) is 4.95. The molecule has 0 N–H and O–H groups in total. The molecule has 0 saturated heterocycles. The van der Waals surface area contributed by atoms with Crippen LogP contribution < -0.4 is 24.8 Å². The molecule has 3 rings (SSSR count). The van der Waals surface area contributed by atoms with E-state index in [0.717, 1.165) is 19.3 Å². The van der Waals surface area contributed by atoms with Gasteiger partial charge in [0.1, 0.15) is 0 Å². The van der Waals surface area contributed by atoms with Crippen LogP contribution in [-0.2, 0) is 39.0 Å². The van der Waals surface area contributed by atoms with Crippen molar-refractivity contribution >= 4 is 16.3 Å². The average Bonchev–Trinajstić information content (AvgIpc) is 3.04. The Morgan fingerprint density at radius 2 is 1.86 bits per heavy atom. The Kier molecular flexibility index (Phi) is 8.94. The summed E-state index contributed by atoms with van der Waals surface area (Å²) in [5, 5.41) is 2.92. The molecule has 0 nitrogen and oxygen atoms in total. The minimum Gasteiger partial charge on any atom is -1.00 e. The Morgan fingerprint density at radius 1 is 1.10 bits per heavy atom. The number of fused-ring (bicyclic) bond motifs is 1. The van der Waals surface area contributed by atoms with Gasteiger partial charge in [0.25, 0.3) is 0 Å². The van der Waals surface area contributed by atoms with Gasteiger partial charge in [0.05, 0.1) is 0 Å². The van der Waals surface area contributed by atoms with Gasteiger partial charge in [-0.3, -0.25) is 0 Å². The number of halogens is 2. The Balaban J connectivity index is 0.00000133. The van der Waals surface area contributed by atoms with Crippen LogP contribution in [-0.4, -0.2) is 0 Å². The fourth-order valence-electron chi connectivity index (χ4n) is 3.08. The Labute approximate surface area is 159 Å². The zero-order valence-corrected chi connectivity index (χ0v) is 16.4. The summed E-state index contributed by atoms with van der Waals surface area (Å²) in [5.74, 6) is 0. The minimum absolute atomic E-state index is 0. The van der Waals surface area contributed by atoms with Gasteiger partial charge in [-0.05, 0) is 12.8 Å². The molecular formula is C18H19Cl2Zr. The maximum absolute atomic E-state index is 2.38. The van der Waals surface area contributed by atoms with Crippen molar-refractivity contribution in [2.45, 2.75) is 33.1 Å². The van der Waals surface area contributed by atoms with Crippen molar-refractivity contribution in [2.75, 3.05) is 0 Å². The van der Waals surface area contributed by atoms with Crippen LogP contribution in [0.4, 0.5) is 0 Å². The van der Waals surface area contributed by atoms with E-state index < -0.39 is 0 Å². The fraction of sp³-hybridized carbons (Fsp3) is 0.278. The molecule has 0 atom stereocenters. The van der Waals surface area contributed by atoms with E-state index in [1.807, 2.05) is 0 Å². The first-order chi connectivity index (χ1) is 8.85. The largest absolute Gasteiger partial charge is 3.00 e. The monoisotopic (exact) mass is 395 g/mol. The van der Waals surface area contributed by atoms with Gasteiger partial charge in [0.15, 0.2) is 0 Å². The number of allylic oxidation sites excluding steroid dienone is 4. The predicted molar refractivity (Wildman–Crippen MR) is 80.0 cm³/mol. The fourth-order valence-corrected chi connectivity index (χ4v) is 3.08. The summed E-state index contributed by atoms with van der Waals surface area (Å²) in [6.07, 6.45) is 10.0. The van der Waals surface area contributed by atoms with Crippen LogP contribution in [0.2, 0.25) is 0 Å². The molecule has 0 unspecified atom stereocenters. The van der Waals surface area contributed by atoms with Crippen LogP contribution in [0.25, 0.3) is 16.3 Å². The first-order valence-corrected chi connectivity index (χ1v) is 6.91. The number of hydrogen-bond donors (Lipinski definition) is 0. The molecule has 3 heteroatoms. The summed E-state index contributed by atoms with van der Waals surface area (Å²) < 4.78 is 0. The van der Waals surface area contributed by atoms with Crippen molar-refractivity contribution in [2.24, 2.45) is 0 Å². The van der Waals surface area contributed by atoms with E-state index in [9.17, 15) is 0 Å². The van der Waals surface area contributed by atoms with E-state index >= 15 is 0 Å².